The third-order valence-electron chi connectivity index (χ3n) is 3.07. The molecule has 0 spiro atoms. The number of nitrogens with zero attached hydrogens (tertiary/aromatic N) is 2. The molecule has 12 heavy (non-hydrogen) atoms. The van der Waals surface area contributed by atoms with Gasteiger partial charge in [0.25, 0.3) is 0 Å². The van der Waals surface area contributed by atoms with Crippen molar-refractivity contribution in [2.24, 2.45) is 0 Å². The number of fused-ring (bicyclic) bond motifs is 1. The first-order chi connectivity index (χ1) is 5.90. The third-order valence-corrected chi connectivity index (χ3v) is 3.55. The molecule has 0 aliphatic carbocycles. The van der Waals surface area contributed by atoms with E-state index in [9.17, 15) is 0 Å². The summed E-state index contributed by atoms with van der Waals surface area (Å²) in [5, 5.41) is 0. The molecular weight excluding hydrogens is 263 g/mol. The van der Waals surface area contributed by atoms with Gasteiger partial charge in [0, 0.05) is 36.6 Å². The van der Waals surface area contributed by atoms with Crippen molar-refractivity contribution in [3.8, 4) is 0 Å². The van der Waals surface area contributed by atoms with Crippen molar-refractivity contribution in [3.63, 3.8) is 0 Å². The number of hydrogen-bond donors (Lipinski definition) is 0. The summed E-state index contributed by atoms with van der Waals surface area (Å²) in [6.07, 6.45) is 2.88. The summed E-state index contributed by atoms with van der Waals surface area (Å²) in [6.45, 7) is 6.62. The highest BCUT2D eigenvalue weighted by Gasteiger charge is 2.29. The highest BCUT2D eigenvalue weighted by molar-refractivity contribution is 14.1. The zero-order chi connectivity index (χ0) is 8.39. The molecule has 0 amide bonds. The summed E-state index contributed by atoms with van der Waals surface area (Å²) in [4.78, 5) is 5.29. The molecule has 2 saturated heterocycles. The van der Waals surface area contributed by atoms with Gasteiger partial charge in [0.15, 0.2) is 0 Å². The Kier molecular flexibility index (Phi) is 3.26. The van der Waals surface area contributed by atoms with Crippen LogP contribution < -0.4 is 0 Å². The van der Waals surface area contributed by atoms with Crippen molar-refractivity contribution < 1.29 is 0 Å². The summed E-state index contributed by atoms with van der Waals surface area (Å²) < 4.78 is 1.28. The van der Waals surface area contributed by atoms with Gasteiger partial charge in [0.2, 0.25) is 0 Å². The summed E-state index contributed by atoms with van der Waals surface area (Å²) in [5.41, 5.74) is 0. The van der Waals surface area contributed by atoms with Crippen LogP contribution in [0.15, 0.2) is 0 Å². The molecule has 70 valence electrons. The Morgan fingerprint density at radius 3 is 3.00 bits per heavy atom. The minimum absolute atomic E-state index is 0.904. The first-order valence-electron chi connectivity index (χ1n) is 4.92. The SMILES string of the molecule is ICCN1CCN2CCCC2C1. The van der Waals surface area contributed by atoms with E-state index in [1.54, 1.807) is 0 Å². The van der Waals surface area contributed by atoms with Gasteiger partial charge in [-0.05, 0) is 19.4 Å². The lowest BCUT2D eigenvalue weighted by molar-refractivity contribution is 0.110. The van der Waals surface area contributed by atoms with Gasteiger partial charge in [0.05, 0.1) is 0 Å². The molecule has 1 atom stereocenters. The first-order valence-corrected chi connectivity index (χ1v) is 6.45. The molecule has 0 aromatic rings. The highest BCUT2D eigenvalue weighted by atomic mass is 127. The van der Waals surface area contributed by atoms with Gasteiger partial charge in [-0.15, -0.1) is 0 Å². The third kappa shape index (κ3) is 1.93. The van der Waals surface area contributed by atoms with E-state index in [-0.39, 0.29) is 0 Å². The van der Waals surface area contributed by atoms with E-state index < -0.39 is 0 Å². The molecule has 0 bridgehead atoms. The van der Waals surface area contributed by atoms with Crippen LogP contribution in [0.3, 0.4) is 0 Å². The second-order valence-corrected chi connectivity index (χ2v) is 4.90. The average molecular weight is 280 g/mol. The predicted molar refractivity (Wildman–Crippen MR) is 59.9 cm³/mol. The summed E-state index contributed by atoms with van der Waals surface area (Å²) >= 11 is 2.47. The van der Waals surface area contributed by atoms with Gasteiger partial charge in [-0.2, -0.15) is 0 Å². The summed E-state index contributed by atoms with van der Waals surface area (Å²) in [5.74, 6) is 0. The second kappa shape index (κ2) is 4.24. The highest BCUT2D eigenvalue weighted by Crippen LogP contribution is 2.21. The minimum Gasteiger partial charge on any atom is -0.300 e. The Morgan fingerprint density at radius 1 is 1.25 bits per heavy atom. The fourth-order valence-corrected chi connectivity index (χ4v) is 3.06. The van der Waals surface area contributed by atoms with Crippen molar-refractivity contribution >= 4 is 22.6 Å². The first kappa shape index (κ1) is 9.21. The normalized spacial score (nSPS) is 32.2. The van der Waals surface area contributed by atoms with Gasteiger partial charge >= 0.3 is 0 Å². The molecule has 1 unspecified atom stereocenters. The molecule has 2 aliphatic rings. The maximum atomic E-state index is 2.67. The van der Waals surface area contributed by atoms with Gasteiger partial charge in [-0.25, -0.2) is 0 Å². The monoisotopic (exact) mass is 280 g/mol. The number of rotatable bonds is 2. The van der Waals surface area contributed by atoms with Crippen LogP contribution in [0.1, 0.15) is 12.8 Å². The van der Waals surface area contributed by atoms with Crippen LogP contribution >= 0.6 is 22.6 Å². The van der Waals surface area contributed by atoms with Crippen LogP contribution in [0.4, 0.5) is 0 Å². The van der Waals surface area contributed by atoms with Crippen LogP contribution in [0.2, 0.25) is 0 Å². The summed E-state index contributed by atoms with van der Waals surface area (Å²) in [6, 6.07) is 0.904. The van der Waals surface area contributed by atoms with Gasteiger partial charge < -0.3 is 0 Å². The molecule has 2 rings (SSSR count). The quantitative estimate of drug-likeness (QED) is 0.554. The smallest absolute Gasteiger partial charge is 0.0224 e. The molecule has 0 aromatic heterocycles. The Hall–Kier alpha value is 0.650. The van der Waals surface area contributed by atoms with Crippen molar-refractivity contribution in [1.82, 2.24) is 9.80 Å². The van der Waals surface area contributed by atoms with Crippen LogP contribution in [0.5, 0.6) is 0 Å². The lowest BCUT2D eigenvalue weighted by atomic mass is 10.1. The van der Waals surface area contributed by atoms with Crippen LogP contribution in [0, 0.1) is 0 Å². The lowest BCUT2D eigenvalue weighted by Crippen LogP contribution is -2.50. The number of alkyl halides is 1. The zero-order valence-electron chi connectivity index (χ0n) is 7.51. The topological polar surface area (TPSA) is 6.48 Å². The van der Waals surface area contributed by atoms with Crippen molar-refractivity contribution in [1.29, 1.82) is 0 Å². The molecule has 0 radical (unpaired) electrons. The van der Waals surface area contributed by atoms with Crippen LogP contribution in [-0.4, -0.2) is 53.0 Å². The standard InChI is InChI=1S/C9H17IN2/c10-3-5-11-6-7-12-4-1-2-9(12)8-11/h9H,1-8H2. The number of hydrogen-bond acceptors (Lipinski definition) is 2. The van der Waals surface area contributed by atoms with E-state index in [0.29, 0.717) is 0 Å². The summed E-state index contributed by atoms with van der Waals surface area (Å²) in [7, 11) is 0. The van der Waals surface area contributed by atoms with E-state index in [1.165, 1.54) is 50.0 Å². The molecule has 0 aromatic carbocycles. The Labute approximate surface area is 88.4 Å². The van der Waals surface area contributed by atoms with Crippen molar-refractivity contribution in [2.45, 2.75) is 18.9 Å². The maximum Gasteiger partial charge on any atom is 0.0224 e. The van der Waals surface area contributed by atoms with Crippen LogP contribution in [-0.2, 0) is 0 Å². The second-order valence-electron chi connectivity index (χ2n) is 3.82. The van der Waals surface area contributed by atoms with Crippen molar-refractivity contribution in [3.05, 3.63) is 0 Å². The molecule has 0 N–H and O–H groups in total. The fraction of sp³-hybridized carbons (Fsp3) is 1.00. The minimum atomic E-state index is 0.904. The van der Waals surface area contributed by atoms with E-state index in [4.69, 9.17) is 0 Å². The van der Waals surface area contributed by atoms with E-state index in [1.807, 2.05) is 0 Å². The Bertz CT molecular complexity index is 151. The molecular formula is C9H17IN2. The van der Waals surface area contributed by atoms with Crippen LogP contribution in [0.25, 0.3) is 0 Å². The maximum absolute atomic E-state index is 2.67. The molecule has 2 heterocycles. The largest absolute Gasteiger partial charge is 0.300 e. The Balaban J connectivity index is 1.84. The van der Waals surface area contributed by atoms with Gasteiger partial charge in [-0.1, -0.05) is 22.6 Å². The van der Waals surface area contributed by atoms with Gasteiger partial charge in [-0.3, -0.25) is 9.80 Å². The predicted octanol–water partition coefficient (Wildman–Crippen LogP) is 1.20. The molecule has 2 nitrogen and oxygen atoms in total. The molecule has 2 fully saturated rings. The fourth-order valence-electron chi connectivity index (χ4n) is 2.38. The lowest BCUT2D eigenvalue weighted by Gasteiger charge is -2.37. The van der Waals surface area contributed by atoms with E-state index in [0.717, 1.165) is 6.04 Å². The van der Waals surface area contributed by atoms with Crippen molar-refractivity contribution in [2.75, 3.05) is 37.2 Å². The van der Waals surface area contributed by atoms with E-state index >= 15 is 0 Å². The van der Waals surface area contributed by atoms with E-state index in [2.05, 4.69) is 32.4 Å². The average Bonchev–Trinajstić information content (AvgIpc) is 2.51. The van der Waals surface area contributed by atoms with Gasteiger partial charge in [0.1, 0.15) is 0 Å². The Morgan fingerprint density at radius 2 is 2.17 bits per heavy atom. The molecule has 0 saturated carbocycles. The number of piperazine rings is 1. The molecule has 3 heteroatoms. The number of halogens is 1. The zero-order valence-corrected chi connectivity index (χ0v) is 9.66. The molecule has 2 aliphatic heterocycles.